The van der Waals surface area contributed by atoms with E-state index in [9.17, 15) is 18.0 Å². The van der Waals surface area contributed by atoms with Crippen molar-refractivity contribution >= 4 is 39.1 Å². The molecule has 1 aliphatic carbocycles. The molecule has 9 heteroatoms. The molecule has 1 unspecified atom stereocenters. The predicted octanol–water partition coefficient (Wildman–Crippen LogP) is 2.85. The minimum absolute atomic E-state index is 0.0404. The van der Waals surface area contributed by atoms with Crippen molar-refractivity contribution in [2.75, 3.05) is 23.7 Å². The lowest BCUT2D eigenvalue weighted by Gasteiger charge is -2.47. The number of anilines is 1. The fourth-order valence-corrected chi connectivity index (χ4v) is 5.62. The van der Waals surface area contributed by atoms with Crippen molar-refractivity contribution in [2.45, 2.75) is 64.5 Å². The van der Waals surface area contributed by atoms with Gasteiger partial charge in [0.05, 0.1) is 12.3 Å². The molecule has 2 aliphatic rings. The van der Waals surface area contributed by atoms with E-state index in [4.69, 9.17) is 11.6 Å². The predicted molar refractivity (Wildman–Crippen MR) is 118 cm³/mol. The van der Waals surface area contributed by atoms with Crippen LogP contribution in [0, 0.1) is 6.92 Å². The van der Waals surface area contributed by atoms with Crippen molar-refractivity contribution in [2.24, 2.45) is 0 Å². The van der Waals surface area contributed by atoms with E-state index in [1.54, 1.807) is 25.1 Å². The number of aryl methyl sites for hydroxylation is 1. The number of amides is 2. The molecule has 2 amide bonds. The van der Waals surface area contributed by atoms with Crippen molar-refractivity contribution in [3.8, 4) is 0 Å². The third-order valence-electron chi connectivity index (χ3n) is 6.14. The van der Waals surface area contributed by atoms with Gasteiger partial charge in [0.25, 0.3) is 0 Å². The summed E-state index contributed by atoms with van der Waals surface area (Å²) in [6, 6.07) is 5.21. The molecule has 166 valence electrons. The molecule has 7 nitrogen and oxygen atoms in total. The first-order valence-corrected chi connectivity index (χ1v) is 12.4. The third kappa shape index (κ3) is 4.50. The average molecular weight is 456 g/mol. The third-order valence-corrected chi connectivity index (χ3v) is 8.15. The van der Waals surface area contributed by atoms with Crippen LogP contribution in [0.1, 0.15) is 51.5 Å². The first-order chi connectivity index (χ1) is 14.1. The summed E-state index contributed by atoms with van der Waals surface area (Å²) in [5, 5.41) is 3.53. The van der Waals surface area contributed by atoms with Gasteiger partial charge in [-0.1, -0.05) is 36.9 Å². The summed E-state index contributed by atoms with van der Waals surface area (Å²) in [6.45, 7) is 4.62. The number of carbonyl (C=O) groups is 2. The van der Waals surface area contributed by atoms with Gasteiger partial charge in [-0.25, -0.2) is 8.42 Å². The number of nitrogens with zero attached hydrogens (tertiary/aromatic N) is 2. The maximum Gasteiger partial charge on any atom is 0.247 e. The first-order valence-electron chi connectivity index (χ1n) is 10.5. The lowest BCUT2D eigenvalue weighted by atomic mass is 9.91. The lowest BCUT2D eigenvalue weighted by molar-refractivity contribution is -0.133. The topological polar surface area (TPSA) is 86.8 Å². The minimum atomic E-state index is -3.64. The number of sulfonamides is 1. The van der Waals surface area contributed by atoms with E-state index in [1.165, 1.54) is 11.8 Å². The maximum atomic E-state index is 13.5. The van der Waals surface area contributed by atoms with Crippen molar-refractivity contribution in [3.63, 3.8) is 0 Å². The zero-order valence-corrected chi connectivity index (χ0v) is 19.4. The van der Waals surface area contributed by atoms with Crippen molar-refractivity contribution in [3.05, 3.63) is 28.8 Å². The van der Waals surface area contributed by atoms with Crippen LogP contribution in [0.25, 0.3) is 0 Å². The van der Waals surface area contributed by atoms with Crippen LogP contribution < -0.4 is 10.2 Å². The Balaban J connectivity index is 2.03. The Bertz CT molecular complexity index is 930. The van der Waals surface area contributed by atoms with Gasteiger partial charge in [0, 0.05) is 23.3 Å². The quantitative estimate of drug-likeness (QED) is 0.739. The Hall–Kier alpha value is -1.64. The normalized spacial score (nSPS) is 24.1. The van der Waals surface area contributed by atoms with Gasteiger partial charge in [-0.15, -0.1) is 0 Å². The number of benzene rings is 1. The molecule has 1 saturated heterocycles. The van der Waals surface area contributed by atoms with Crippen LogP contribution in [0.5, 0.6) is 0 Å². The molecular weight excluding hydrogens is 426 g/mol. The molecule has 0 aromatic heterocycles. The lowest BCUT2D eigenvalue weighted by Crippen LogP contribution is -2.71. The SMILES string of the molecule is CCS(=O)(=O)N1CC(=O)N(c2cc(Cl)ccc2C)C(C)(C(=O)NC2CCCCC2)C1. The van der Waals surface area contributed by atoms with Gasteiger partial charge in [0.2, 0.25) is 21.8 Å². The largest absolute Gasteiger partial charge is 0.351 e. The van der Waals surface area contributed by atoms with E-state index < -0.39 is 21.5 Å². The van der Waals surface area contributed by atoms with E-state index in [-0.39, 0.29) is 30.8 Å². The second-order valence-corrected chi connectivity index (χ2v) is 11.1. The fraction of sp³-hybridized carbons (Fsp3) is 0.619. The number of rotatable bonds is 5. The van der Waals surface area contributed by atoms with Crippen LogP contribution in [0.3, 0.4) is 0 Å². The van der Waals surface area contributed by atoms with E-state index in [1.807, 2.05) is 6.92 Å². The molecule has 0 spiro atoms. The zero-order valence-electron chi connectivity index (χ0n) is 17.8. The Morgan fingerprint density at radius 1 is 1.27 bits per heavy atom. The van der Waals surface area contributed by atoms with Gasteiger partial charge < -0.3 is 5.32 Å². The van der Waals surface area contributed by atoms with Gasteiger partial charge in [-0.05, 0) is 51.3 Å². The van der Waals surface area contributed by atoms with E-state index in [0.717, 1.165) is 42.0 Å². The Morgan fingerprint density at radius 2 is 1.93 bits per heavy atom. The summed E-state index contributed by atoms with van der Waals surface area (Å²) >= 11 is 6.19. The second kappa shape index (κ2) is 8.85. The summed E-state index contributed by atoms with van der Waals surface area (Å²) < 4.78 is 26.3. The molecule has 1 aromatic rings. The molecule has 1 heterocycles. The molecule has 30 heavy (non-hydrogen) atoms. The summed E-state index contributed by atoms with van der Waals surface area (Å²) in [5.74, 6) is -0.903. The number of hydrogen-bond acceptors (Lipinski definition) is 4. The number of halogens is 1. The number of nitrogens with one attached hydrogen (secondary N) is 1. The van der Waals surface area contributed by atoms with Gasteiger partial charge >= 0.3 is 0 Å². The summed E-state index contributed by atoms with van der Waals surface area (Å²) in [5.41, 5.74) is -0.0663. The van der Waals surface area contributed by atoms with Gasteiger partial charge in [-0.3, -0.25) is 14.5 Å². The molecule has 1 N–H and O–H groups in total. The van der Waals surface area contributed by atoms with Crippen LogP contribution in [-0.4, -0.2) is 55.0 Å². The van der Waals surface area contributed by atoms with E-state index >= 15 is 0 Å². The molecule has 1 atom stereocenters. The van der Waals surface area contributed by atoms with E-state index in [0.29, 0.717) is 10.7 Å². The molecule has 3 rings (SSSR count). The van der Waals surface area contributed by atoms with Crippen molar-refractivity contribution in [1.29, 1.82) is 0 Å². The summed E-state index contributed by atoms with van der Waals surface area (Å²) in [7, 11) is -3.64. The molecular formula is C21H30ClN3O4S. The molecule has 1 saturated carbocycles. The highest BCUT2D eigenvalue weighted by Gasteiger charge is 2.51. The van der Waals surface area contributed by atoms with Gasteiger partial charge in [-0.2, -0.15) is 4.31 Å². The highest BCUT2D eigenvalue weighted by molar-refractivity contribution is 7.89. The Labute approximate surface area is 183 Å². The molecule has 1 aromatic carbocycles. The fourth-order valence-electron chi connectivity index (χ4n) is 4.33. The van der Waals surface area contributed by atoms with E-state index in [2.05, 4.69) is 5.32 Å². The molecule has 1 aliphatic heterocycles. The van der Waals surface area contributed by atoms with Gasteiger partial charge in [0.1, 0.15) is 5.54 Å². The highest BCUT2D eigenvalue weighted by Crippen LogP contribution is 2.35. The van der Waals surface area contributed by atoms with Crippen molar-refractivity contribution < 1.29 is 18.0 Å². The minimum Gasteiger partial charge on any atom is -0.351 e. The van der Waals surface area contributed by atoms with Crippen LogP contribution >= 0.6 is 11.6 Å². The maximum absolute atomic E-state index is 13.5. The number of carbonyl (C=O) groups excluding carboxylic acids is 2. The average Bonchev–Trinajstić information content (AvgIpc) is 2.70. The second-order valence-electron chi connectivity index (χ2n) is 8.41. The zero-order chi connectivity index (χ0) is 22.1. The first kappa shape index (κ1) is 23.0. The Kier molecular flexibility index (Phi) is 6.79. The number of hydrogen-bond donors (Lipinski definition) is 1. The monoisotopic (exact) mass is 455 g/mol. The van der Waals surface area contributed by atoms with Crippen LogP contribution in [0.4, 0.5) is 5.69 Å². The molecule has 0 bridgehead atoms. The van der Waals surface area contributed by atoms with Gasteiger partial charge in [0.15, 0.2) is 0 Å². The van der Waals surface area contributed by atoms with Crippen molar-refractivity contribution in [1.82, 2.24) is 9.62 Å². The summed E-state index contributed by atoms with van der Waals surface area (Å²) in [4.78, 5) is 28.2. The molecule has 0 radical (unpaired) electrons. The van der Waals surface area contributed by atoms with Crippen LogP contribution in [0.15, 0.2) is 18.2 Å². The van der Waals surface area contributed by atoms with Crippen LogP contribution in [-0.2, 0) is 19.6 Å². The Morgan fingerprint density at radius 3 is 2.57 bits per heavy atom. The number of piperazine rings is 1. The smallest absolute Gasteiger partial charge is 0.247 e. The molecule has 2 fully saturated rings. The standard InChI is InChI=1S/C21H30ClN3O4S/c1-4-30(28,29)24-13-19(26)25(18-12-16(22)11-10-15(18)2)21(3,14-24)20(27)23-17-8-6-5-7-9-17/h10-12,17H,4-9,13-14H2,1-3H3,(H,23,27). The highest BCUT2D eigenvalue weighted by atomic mass is 35.5. The van der Waals surface area contributed by atoms with Crippen LogP contribution in [0.2, 0.25) is 5.02 Å². The summed E-state index contributed by atoms with van der Waals surface area (Å²) in [6.07, 6.45) is 5.03.